The van der Waals surface area contributed by atoms with Crippen molar-refractivity contribution in [2.75, 3.05) is 43.6 Å². The van der Waals surface area contributed by atoms with Crippen molar-refractivity contribution < 1.29 is 9.47 Å². The maximum absolute atomic E-state index is 5.72. The highest BCUT2D eigenvalue weighted by Gasteiger charge is 2.15. The zero-order valence-electron chi connectivity index (χ0n) is 14.3. The van der Waals surface area contributed by atoms with Gasteiger partial charge in [-0.1, -0.05) is 0 Å². The molecular weight excluding hydrogens is 304 g/mol. The standard InChI is InChI=1S/C18H24N4O2/c1-14-13-17(21-18(20-14)22-10-3-4-11-22)19-9-12-24-16-7-5-15(23-2)6-8-16/h5-8,13H,3-4,9-12H2,1-2H3,(H,19,20,21). The van der Waals surface area contributed by atoms with Gasteiger partial charge in [0.2, 0.25) is 5.95 Å². The average molecular weight is 328 g/mol. The summed E-state index contributed by atoms with van der Waals surface area (Å²) < 4.78 is 10.8. The molecule has 1 aromatic heterocycles. The first-order valence-electron chi connectivity index (χ1n) is 8.36. The molecule has 1 saturated heterocycles. The Morgan fingerprint density at radius 2 is 1.79 bits per heavy atom. The summed E-state index contributed by atoms with van der Waals surface area (Å²) in [7, 11) is 1.65. The molecule has 1 fully saturated rings. The third-order valence-electron chi connectivity index (χ3n) is 3.97. The van der Waals surface area contributed by atoms with Crippen molar-refractivity contribution in [2.45, 2.75) is 19.8 Å². The van der Waals surface area contributed by atoms with Crippen LogP contribution in [0.1, 0.15) is 18.5 Å². The summed E-state index contributed by atoms with van der Waals surface area (Å²) in [5.41, 5.74) is 0.977. The van der Waals surface area contributed by atoms with Crippen LogP contribution in [-0.2, 0) is 0 Å². The van der Waals surface area contributed by atoms with E-state index in [1.165, 1.54) is 12.8 Å². The molecule has 0 atom stereocenters. The van der Waals surface area contributed by atoms with E-state index in [9.17, 15) is 0 Å². The first-order chi connectivity index (χ1) is 11.7. The van der Waals surface area contributed by atoms with Crippen molar-refractivity contribution in [3.05, 3.63) is 36.0 Å². The van der Waals surface area contributed by atoms with Gasteiger partial charge < -0.3 is 19.7 Å². The third kappa shape index (κ3) is 4.28. The van der Waals surface area contributed by atoms with Crippen LogP contribution in [0.15, 0.2) is 30.3 Å². The molecule has 0 spiro atoms. The second-order valence-corrected chi connectivity index (χ2v) is 5.84. The number of aryl methyl sites for hydroxylation is 1. The Labute approximate surface area is 142 Å². The summed E-state index contributed by atoms with van der Waals surface area (Å²) in [6.07, 6.45) is 2.44. The molecule has 0 radical (unpaired) electrons. The normalized spacial score (nSPS) is 13.8. The van der Waals surface area contributed by atoms with Gasteiger partial charge in [-0.3, -0.25) is 0 Å². The summed E-state index contributed by atoms with van der Waals surface area (Å²) in [6.45, 7) is 5.34. The highest BCUT2D eigenvalue weighted by Crippen LogP contribution is 2.19. The van der Waals surface area contributed by atoms with Gasteiger partial charge in [0, 0.05) is 24.8 Å². The van der Waals surface area contributed by atoms with E-state index in [-0.39, 0.29) is 0 Å². The summed E-state index contributed by atoms with van der Waals surface area (Å²) >= 11 is 0. The highest BCUT2D eigenvalue weighted by molar-refractivity contribution is 5.44. The number of benzene rings is 1. The number of nitrogens with one attached hydrogen (secondary N) is 1. The number of ether oxygens (including phenoxy) is 2. The number of anilines is 2. The minimum absolute atomic E-state index is 0.564. The van der Waals surface area contributed by atoms with Gasteiger partial charge in [-0.15, -0.1) is 0 Å². The smallest absolute Gasteiger partial charge is 0.227 e. The highest BCUT2D eigenvalue weighted by atomic mass is 16.5. The van der Waals surface area contributed by atoms with Crippen LogP contribution in [0.2, 0.25) is 0 Å². The van der Waals surface area contributed by atoms with Gasteiger partial charge in [0.15, 0.2) is 0 Å². The first-order valence-corrected chi connectivity index (χ1v) is 8.36. The molecule has 6 nitrogen and oxygen atoms in total. The Balaban J connectivity index is 1.50. The number of methoxy groups -OCH3 is 1. The lowest BCUT2D eigenvalue weighted by atomic mass is 10.3. The Morgan fingerprint density at radius 1 is 1.08 bits per heavy atom. The zero-order chi connectivity index (χ0) is 16.8. The summed E-state index contributed by atoms with van der Waals surface area (Å²) in [6, 6.07) is 9.54. The zero-order valence-corrected chi connectivity index (χ0v) is 14.3. The van der Waals surface area contributed by atoms with E-state index in [4.69, 9.17) is 9.47 Å². The molecule has 128 valence electrons. The lowest BCUT2D eigenvalue weighted by Crippen LogP contribution is -2.21. The molecule has 1 N–H and O–H groups in total. The maximum Gasteiger partial charge on any atom is 0.227 e. The predicted molar refractivity (Wildman–Crippen MR) is 95.2 cm³/mol. The summed E-state index contributed by atoms with van der Waals surface area (Å²) in [5.74, 6) is 3.33. The van der Waals surface area contributed by atoms with Crippen LogP contribution in [-0.4, -0.2) is 43.3 Å². The van der Waals surface area contributed by atoms with Crippen molar-refractivity contribution >= 4 is 11.8 Å². The Kier molecular flexibility index (Phi) is 5.36. The van der Waals surface area contributed by atoms with E-state index in [0.29, 0.717) is 13.2 Å². The molecule has 0 saturated carbocycles. The molecule has 0 unspecified atom stereocenters. The largest absolute Gasteiger partial charge is 0.497 e. The molecule has 24 heavy (non-hydrogen) atoms. The van der Waals surface area contributed by atoms with Gasteiger partial charge >= 0.3 is 0 Å². The quantitative estimate of drug-likeness (QED) is 0.789. The molecular formula is C18H24N4O2. The van der Waals surface area contributed by atoms with E-state index in [1.807, 2.05) is 37.3 Å². The van der Waals surface area contributed by atoms with Crippen LogP contribution in [0.3, 0.4) is 0 Å². The molecule has 1 aliphatic rings. The Hall–Kier alpha value is -2.50. The van der Waals surface area contributed by atoms with E-state index in [1.54, 1.807) is 7.11 Å². The Bertz CT molecular complexity index is 655. The maximum atomic E-state index is 5.72. The topological polar surface area (TPSA) is 59.5 Å². The van der Waals surface area contributed by atoms with Crippen LogP contribution >= 0.6 is 0 Å². The number of hydrogen-bond donors (Lipinski definition) is 1. The van der Waals surface area contributed by atoms with E-state index in [2.05, 4.69) is 20.2 Å². The van der Waals surface area contributed by atoms with Gasteiger partial charge in [-0.05, 0) is 44.0 Å². The van der Waals surface area contributed by atoms with Gasteiger partial charge in [-0.2, -0.15) is 4.98 Å². The van der Waals surface area contributed by atoms with Crippen molar-refractivity contribution in [3.8, 4) is 11.5 Å². The fraction of sp³-hybridized carbons (Fsp3) is 0.444. The van der Waals surface area contributed by atoms with Crippen molar-refractivity contribution in [1.82, 2.24) is 9.97 Å². The first kappa shape index (κ1) is 16.4. The molecule has 2 aromatic rings. The van der Waals surface area contributed by atoms with Crippen LogP contribution in [0.5, 0.6) is 11.5 Å². The lowest BCUT2D eigenvalue weighted by molar-refractivity contribution is 0.331. The van der Waals surface area contributed by atoms with E-state index < -0.39 is 0 Å². The van der Waals surface area contributed by atoms with E-state index in [0.717, 1.165) is 42.0 Å². The average Bonchev–Trinajstić information content (AvgIpc) is 3.13. The monoisotopic (exact) mass is 328 g/mol. The SMILES string of the molecule is COc1ccc(OCCNc2cc(C)nc(N3CCCC3)n2)cc1. The van der Waals surface area contributed by atoms with Gasteiger partial charge in [-0.25, -0.2) is 4.98 Å². The van der Waals surface area contributed by atoms with Crippen molar-refractivity contribution in [3.63, 3.8) is 0 Å². The number of hydrogen-bond acceptors (Lipinski definition) is 6. The molecule has 1 aromatic carbocycles. The molecule has 0 aliphatic carbocycles. The van der Waals surface area contributed by atoms with Crippen LogP contribution in [0, 0.1) is 6.92 Å². The van der Waals surface area contributed by atoms with E-state index >= 15 is 0 Å². The minimum Gasteiger partial charge on any atom is -0.497 e. The molecule has 0 amide bonds. The molecule has 6 heteroatoms. The predicted octanol–water partition coefficient (Wildman–Crippen LogP) is 2.88. The second kappa shape index (κ2) is 7.86. The summed E-state index contributed by atoms with van der Waals surface area (Å²) in [4.78, 5) is 11.4. The third-order valence-corrected chi connectivity index (χ3v) is 3.97. The van der Waals surface area contributed by atoms with Gasteiger partial charge in [0.1, 0.15) is 23.9 Å². The molecule has 1 aliphatic heterocycles. The Morgan fingerprint density at radius 3 is 2.50 bits per heavy atom. The second-order valence-electron chi connectivity index (χ2n) is 5.84. The molecule has 0 bridgehead atoms. The molecule has 2 heterocycles. The fourth-order valence-corrected chi connectivity index (χ4v) is 2.72. The number of aromatic nitrogens is 2. The van der Waals surface area contributed by atoms with Crippen LogP contribution < -0.4 is 19.7 Å². The fourth-order valence-electron chi connectivity index (χ4n) is 2.72. The lowest BCUT2D eigenvalue weighted by Gasteiger charge is -2.17. The molecule has 3 rings (SSSR count). The van der Waals surface area contributed by atoms with Crippen molar-refractivity contribution in [2.24, 2.45) is 0 Å². The number of rotatable bonds is 7. The number of nitrogens with zero attached hydrogens (tertiary/aromatic N) is 3. The van der Waals surface area contributed by atoms with Crippen LogP contribution in [0.25, 0.3) is 0 Å². The summed E-state index contributed by atoms with van der Waals surface area (Å²) in [5, 5.41) is 3.31. The van der Waals surface area contributed by atoms with Crippen molar-refractivity contribution in [1.29, 1.82) is 0 Å². The van der Waals surface area contributed by atoms with Crippen LogP contribution in [0.4, 0.5) is 11.8 Å². The van der Waals surface area contributed by atoms with Gasteiger partial charge in [0.05, 0.1) is 13.7 Å². The van der Waals surface area contributed by atoms with Gasteiger partial charge in [0.25, 0.3) is 0 Å². The minimum atomic E-state index is 0.564.